The van der Waals surface area contributed by atoms with Gasteiger partial charge in [0.2, 0.25) is 5.91 Å². The summed E-state index contributed by atoms with van der Waals surface area (Å²) in [6, 6.07) is 5.58. The maximum atomic E-state index is 12.8. The van der Waals surface area contributed by atoms with E-state index in [1.165, 1.54) is 0 Å². The lowest BCUT2D eigenvalue weighted by Crippen LogP contribution is -2.52. The molecule has 2 aliphatic heterocycles. The molecule has 0 saturated carbocycles. The summed E-state index contributed by atoms with van der Waals surface area (Å²) < 4.78 is 5.33. The van der Waals surface area contributed by atoms with Crippen molar-refractivity contribution in [1.82, 2.24) is 9.80 Å². The molecule has 6 nitrogen and oxygen atoms in total. The number of amides is 2. The Balaban J connectivity index is 1.64. The van der Waals surface area contributed by atoms with Gasteiger partial charge >= 0.3 is 0 Å². The Morgan fingerprint density at radius 3 is 2.65 bits per heavy atom. The zero-order valence-electron chi connectivity index (χ0n) is 15.7. The number of hydrogen-bond donors (Lipinski definition) is 1. The minimum atomic E-state index is 0.00167. The van der Waals surface area contributed by atoms with Crippen LogP contribution in [0.4, 0.5) is 0 Å². The van der Waals surface area contributed by atoms with Crippen molar-refractivity contribution in [3.05, 3.63) is 29.3 Å². The van der Waals surface area contributed by atoms with E-state index in [1.54, 1.807) is 12.0 Å². The maximum absolute atomic E-state index is 12.8. The lowest BCUT2D eigenvalue weighted by Gasteiger charge is -2.47. The number of likely N-dealkylation sites (tertiary alicyclic amines) is 2. The van der Waals surface area contributed by atoms with E-state index in [0.29, 0.717) is 38.2 Å². The second-order valence-corrected chi connectivity index (χ2v) is 7.52. The molecule has 1 aromatic carbocycles. The van der Waals surface area contributed by atoms with E-state index in [1.807, 2.05) is 30.0 Å². The summed E-state index contributed by atoms with van der Waals surface area (Å²) in [5.74, 6) is 0.905. The number of aliphatic hydroxyl groups is 1. The highest BCUT2D eigenvalue weighted by Crippen LogP contribution is 2.40. The molecular formula is C20H28N2O4. The van der Waals surface area contributed by atoms with Crippen LogP contribution in [0.15, 0.2) is 18.2 Å². The molecule has 0 bridgehead atoms. The first-order valence-electron chi connectivity index (χ1n) is 9.30. The third kappa shape index (κ3) is 3.70. The quantitative estimate of drug-likeness (QED) is 0.889. The fraction of sp³-hybridized carbons (Fsp3) is 0.600. The molecule has 0 atom stereocenters. The summed E-state index contributed by atoms with van der Waals surface area (Å²) in [5, 5.41) is 9.17. The van der Waals surface area contributed by atoms with Crippen LogP contribution < -0.4 is 4.74 Å². The van der Waals surface area contributed by atoms with Gasteiger partial charge in [0.25, 0.3) is 5.91 Å². The van der Waals surface area contributed by atoms with Crippen molar-refractivity contribution in [2.45, 2.75) is 32.6 Å². The number of piperidine rings is 2. The van der Waals surface area contributed by atoms with Crippen LogP contribution in [-0.2, 0) is 4.79 Å². The summed E-state index contributed by atoms with van der Waals surface area (Å²) >= 11 is 0. The number of carbonyl (C=O) groups is 2. The number of methoxy groups -OCH3 is 1. The maximum Gasteiger partial charge on any atom is 0.253 e. The van der Waals surface area contributed by atoms with Crippen molar-refractivity contribution < 1.29 is 19.4 Å². The first-order valence-corrected chi connectivity index (χ1v) is 9.30. The lowest BCUT2D eigenvalue weighted by atomic mass is 9.72. The second-order valence-electron chi connectivity index (χ2n) is 7.52. The Labute approximate surface area is 154 Å². The molecule has 2 fully saturated rings. The van der Waals surface area contributed by atoms with Crippen LogP contribution in [0, 0.1) is 12.3 Å². The van der Waals surface area contributed by atoms with Crippen molar-refractivity contribution in [2.75, 3.05) is 39.9 Å². The van der Waals surface area contributed by atoms with Crippen molar-refractivity contribution in [3.63, 3.8) is 0 Å². The fourth-order valence-corrected chi connectivity index (χ4v) is 4.15. The van der Waals surface area contributed by atoms with Gasteiger partial charge < -0.3 is 19.6 Å². The van der Waals surface area contributed by atoms with Gasteiger partial charge in [0.05, 0.1) is 13.7 Å². The Hall–Kier alpha value is -2.08. The molecule has 0 aliphatic carbocycles. The summed E-state index contributed by atoms with van der Waals surface area (Å²) in [4.78, 5) is 28.5. The number of aliphatic hydroxyl groups excluding tert-OH is 1. The van der Waals surface area contributed by atoms with Crippen LogP contribution in [0.2, 0.25) is 0 Å². The number of benzene rings is 1. The minimum Gasteiger partial charge on any atom is -0.496 e. The topological polar surface area (TPSA) is 70.1 Å². The van der Waals surface area contributed by atoms with E-state index in [-0.39, 0.29) is 23.8 Å². The van der Waals surface area contributed by atoms with Crippen molar-refractivity contribution in [3.8, 4) is 5.75 Å². The van der Waals surface area contributed by atoms with Gasteiger partial charge in [0, 0.05) is 38.2 Å². The van der Waals surface area contributed by atoms with Crippen molar-refractivity contribution in [2.24, 2.45) is 5.41 Å². The molecule has 2 amide bonds. The molecule has 0 unspecified atom stereocenters. The van der Waals surface area contributed by atoms with Gasteiger partial charge in [-0.25, -0.2) is 0 Å². The van der Waals surface area contributed by atoms with Gasteiger partial charge in [0.15, 0.2) is 0 Å². The molecule has 1 N–H and O–H groups in total. The SMILES string of the molecule is COc1cc(C(=O)N2CCC3(CCC(=O)N(CCO)C3)CC2)ccc1C. The standard InChI is InChI=1S/C20H28N2O4/c1-15-3-4-16(13-17(15)26-2)19(25)21-9-7-20(8-10-21)6-5-18(24)22(14-20)11-12-23/h3-4,13,23H,5-12,14H2,1-2H3. The van der Waals surface area contributed by atoms with Gasteiger partial charge in [0.1, 0.15) is 5.75 Å². The average molecular weight is 360 g/mol. The number of β-amino-alcohol motifs (C(OH)–C–C–N with tert-alkyl or cyclic N) is 1. The molecule has 0 aromatic heterocycles. The molecule has 3 rings (SSSR count). The predicted molar refractivity (Wildman–Crippen MR) is 98.2 cm³/mol. The van der Waals surface area contributed by atoms with Gasteiger partial charge in [-0.15, -0.1) is 0 Å². The van der Waals surface area contributed by atoms with Crippen LogP contribution in [0.25, 0.3) is 0 Å². The van der Waals surface area contributed by atoms with Gasteiger partial charge in [-0.3, -0.25) is 9.59 Å². The average Bonchev–Trinajstić information content (AvgIpc) is 2.66. The largest absolute Gasteiger partial charge is 0.496 e. The molecule has 2 heterocycles. The number of ether oxygens (including phenoxy) is 1. The normalized spacial score (nSPS) is 19.7. The highest BCUT2D eigenvalue weighted by atomic mass is 16.5. The number of aryl methyl sites for hydroxylation is 1. The van der Waals surface area contributed by atoms with E-state index in [0.717, 1.165) is 30.6 Å². The molecule has 26 heavy (non-hydrogen) atoms. The van der Waals surface area contributed by atoms with Crippen molar-refractivity contribution >= 4 is 11.8 Å². The molecule has 2 aliphatic rings. The van der Waals surface area contributed by atoms with E-state index in [4.69, 9.17) is 9.84 Å². The Morgan fingerprint density at radius 2 is 2.00 bits per heavy atom. The number of carbonyl (C=O) groups excluding carboxylic acids is 2. The van der Waals surface area contributed by atoms with Crippen LogP contribution in [0.1, 0.15) is 41.6 Å². The first kappa shape index (κ1) is 18.7. The van der Waals surface area contributed by atoms with Crippen LogP contribution in [-0.4, -0.2) is 66.6 Å². The van der Waals surface area contributed by atoms with Crippen molar-refractivity contribution in [1.29, 1.82) is 0 Å². The molecule has 1 spiro atoms. The Morgan fingerprint density at radius 1 is 1.27 bits per heavy atom. The number of rotatable bonds is 4. The first-order chi connectivity index (χ1) is 12.5. The predicted octanol–water partition coefficient (Wildman–Crippen LogP) is 1.84. The second kappa shape index (κ2) is 7.66. The monoisotopic (exact) mass is 360 g/mol. The Bertz CT molecular complexity index is 680. The molecule has 142 valence electrons. The Kier molecular flexibility index (Phi) is 5.51. The zero-order valence-corrected chi connectivity index (χ0v) is 15.7. The molecule has 0 radical (unpaired) electrons. The van der Waals surface area contributed by atoms with Gasteiger partial charge in [-0.2, -0.15) is 0 Å². The van der Waals surface area contributed by atoms with E-state index in [9.17, 15) is 9.59 Å². The van der Waals surface area contributed by atoms with Crippen LogP contribution in [0.5, 0.6) is 5.75 Å². The van der Waals surface area contributed by atoms with Gasteiger partial charge in [-0.1, -0.05) is 6.07 Å². The highest BCUT2D eigenvalue weighted by molar-refractivity contribution is 5.94. The smallest absolute Gasteiger partial charge is 0.253 e. The molecule has 6 heteroatoms. The van der Waals surface area contributed by atoms with Gasteiger partial charge in [-0.05, 0) is 49.3 Å². The molecular weight excluding hydrogens is 332 g/mol. The number of nitrogens with zero attached hydrogens (tertiary/aromatic N) is 2. The number of hydrogen-bond acceptors (Lipinski definition) is 4. The van der Waals surface area contributed by atoms with Crippen LogP contribution in [0.3, 0.4) is 0 Å². The molecule has 2 saturated heterocycles. The van der Waals surface area contributed by atoms with Crippen LogP contribution >= 0.6 is 0 Å². The van der Waals surface area contributed by atoms with E-state index >= 15 is 0 Å². The minimum absolute atomic E-state index is 0.00167. The third-order valence-corrected chi connectivity index (χ3v) is 5.88. The zero-order chi connectivity index (χ0) is 18.7. The molecule has 1 aromatic rings. The summed E-state index contributed by atoms with van der Waals surface area (Å²) in [6.07, 6.45) is 3.23. The lowest BCUT2D eigenvalue weighted by molar-refractivity contribution is -0.139. The third-order valence-electron chi connectivity index (χ3n) is 5.88. The summed E-state index contributed by atoms with van der Waals surface area (Å²) in [5.41, 5.74) is 1.76. The summed E-state index contributed by atoms with van der Waals surface area (Å²) in [6.45, 7) is 4.48. The highest BCUT2D eigenvalue weighted by Gasteiger charge is 2.41. The fourth-order valence-electron chi connectivity index (χ4n) is 4.15. The van der Waals surface area contributed by atoms with E-state index < -0.39 is 0 Å². The summed E-state index contributed by atoms with van der Waals surface area (Å²) in [7, 11) is 1.61. The van der Waals surface area contributed by atoms with E-state index in [2.05, 4.69) is 0 Å².